The van der Waals surface area contributed by atoms with Crippen molar-refractivity contribution >= 4 is 34.8 Å². The predicted octanol–water partition coefficient (Wildman–Crippen LogP) is 2.91. The lowest BCUT2D eigenvalue weighted by molar-refractivity contribution is -0.119. The average Bonchev–Trinajstić information content (AvgIpc) is 2.94. The van der Waals surface area contributed by atoms with Crippen molar-refractivity contribution in [3.8, 4) is 17.0 Å². The van der Waals surface area contributed by atoms with E-state index in [1.165, 1.54) is 30.6 Å². The topological polar surface area (TPSA) is 77.2 Å². The predicted molar refractivity (Wildman–Crippen MR) is 88.2 cm³/mol. The molecular formula is C14H17ClFN3O2S. The Morgan fingerprint density at radius 1 is 1.55 bits per heavy atom. The van der Waals surface area contributed by atoms with Crippen molar-refractivity contribution in [3.05, 3.63) is 29.4 Å². The lowest BCUT2D eigenvalue weighted by atomic mass is 10.1. The van der Waals surface area contributed by atoms with E-state index in [0.717, 1.165) is 0 Å². The van der Waals surface area contributed by atoms with Crippen LogP contribution in [0.2, 0.25) is 0 Å². The molecule has 0 bridgehead atoms. The summed E-state index contributed by atoms with van der Waals surface area (Å²) in [5, 5.41) is 4.87. The SMILES string of the molecule is COc1ccc(F)cc1-c1csc(NC(=O)C(C)CN)n1.Cl. The highest BCUT2D eigenvalue weighted by atomic mass is 35.5. The van der Waals surface area contributed by atoms with E-state index in [2.05, 4.69) is 10.3 Å². The van der Waals surface area contributed by atoms with Crippen molar-refractivity contribution in [1.29, 1.82) is 0 Å². The summed E-state index contributed by atoms with van der Waals surface area (Å²) >= 11 is 1.26. The van der Waals surface area contributed by atoms with Crippen LogP contribution >= 0.6 is 23.7 Å². The third-order valence-electron chi connectivity index (χ3n) is 2.97. The van der Waals surface area contributed by atoms with Gasteiger partial charge in [0.25, 0.3) is 0 Å². The average molecular weight is 346 g/mol. The molecule has 3 N–H and O–H groups in total. The molecule has 0 radical (unpaired) electrons. The van der Waals surface area contributed by atoms with E-state index in [9.17, 15) is 9.18 Å². The molecule has 1 heterocycles. The van der Waals surface area contributed by atoms with Crippen LogP contribution < -0.4 is 15.8 Å². The first-order valence-corrected chi connectivity index (χ1v) is 7.23. The van der Waals surface area contributed by atoms with Gasteiger partial charge in [-0.1, -0.05) is 6.92 Å². The number of rotatable bonds is 5. The Hall–Kier alpha value is -1.70. The summed E-state index contributed by atoms with van der Waals surface area (Å²) in [4.78, 5) is 16.0. The molecule has 120 valence electrons. The van der Waals surface area contributed by atoms with Crippen LogP contribution in [0.4, 0.5) is 9.52 Å². The van der Waals surface area contributed by atoms with Crippen LogP contribution in [0.25, 0.3) is 11.3 Å². The maximum Gasteiger partial charge on any atom is 0.230 e. The van der Waals surface area contributed by atoms with Crippen LogP contribution in [-0.2, 0) is 4.79 Å². The fourth-order valence-electron chi connectivity index (χ4n) is 1.67. The molecule has 2 rings (SSSR count). The van der Waals surface area contributed by atoms with E-state index in [4.69, 9.17) is 10.5 Å². The summed E-state index contributed by atoms with van der Waals surface area (Å²) in [6, 6.07) is 4.21. The molecular weight excluding hydrogens is 329 g/mol. The molecule has 0 fully saturated rings. The number of carbonyl (C=O) groups excluding carboxylic acids is 1. The van der Waals surface area contributed by atoms with Crippen molar-refractivity contribution in [2.75, 3.05) is 19.0 Å². The number of carbonyl (C=O) groups is 1. The third kappa shape index (κ3) is 4.16. The molecule has 5 nitrogen and oxygen atoms in total. The molecule has 1 aromatic heterocycles. The number of methoxy groups -OCH3 is 1. The molecule has 1 amide bonds. The minimum atomic E-state index is -0.374. The first kappa shape index (κ1) is 18.3. The van der Waals surface area contributed by atoms with Crippen LogP contribution in [0.5, 0.6) is 5.75 Å². The summed E-state index contributed by atoms with van der Waals surface area (Å²) in [5.74, 6) is -0.332. The Morgan fingerprint density at radius 3 is 2.91 bits per heavy atom. The second-order valence-electron chi connectivity index (χ2n) is 4.51. The number of nitrogens with two attached hydrogens (primary N) is 1. The molecule has 0 saturated carbocycles. The van der Waals surface area contributed by atoms with Gasteiger partial charge in [0.05, 0.1) is 12.8 Å². The monoisotopic (exact) mass is 345 g/mol. The molecule has 1 aromatic carbocycles. The van der Waals surface area contributed by atoms with Crippen LogP contribution in [0, 0.1) is 11.7 Å². The molecule has 0 saturated heterocycles. The standard InChI is InChI=1S/C14H16FN3O2S.ClH/c1-8(6-16)13(19)18-14-17-11(7-21-14)10-5-9(15)3-4-12(10)20-2;/h3-5,7-8H,6,16H2,1-2H3,(H,17,18,19);1H. The Labute approximate surface area is 138 Å². The van der Waals surface area contributed by atoms with Gasteiger partial charge in [0, 0.05) is 23.4 Å². The number of halogens is 2. The summed E-state index contributed by atoms with van der Waals surface area (Å²) in [6.07, 6.45) is 0. The maximum absolute atomic E-state index is 13.4. The van der Waals surface area contributed by atoms with E-state index in [1.807, 2.05) is 0 Å². The number of nitrogens with one attached hydrogen (secondary N) is 1. The van der Waals surface area contributed by atoms with Gasteiger partial charge in [0.15, 0.2) is 5.13 Å². The molecule has 22 heavy (non-hydrogen) atoms. The maximum atomic E-state index is 13.4. The highest BCUT2D eigenvalue weighted by molar-refractivity contribution is 7.14. The van der Waals surface area contributed by atoms with Crippen molar-refractivity contribution in [2.24, 2.45) is 11.7 Å². The van der Waals surface area contributed by atoms with Gasteiger partial charge in [-0.05, 0) is 18.2 Å². The third-order valence-corrected chi connectivity index (χ3v) is 3.73. The second-order valence-corrected chi connectivity index (χ2v) is 5.37. The molecule has 2 aromatic rings. The number of nitrogens with zero attached hydrogens (tertiary/aromatic N) is 1. The fraction of sp³-hybridized carbons (Fsp3) is 0.286. The summed E-state index contributed by atoms with van der Waals surface area (Å²) in [6.45, 7) is 2.00. The van der Waals surface area contributed by atoms with E-state index in [0.29, 0.717) is 22.1 Å². The van der Waals surface area contributed by atoms with Gasteiger partial charge in [0.2, 0.25) is 5.91 Å². The molecule has 0 aliphatic rings. The van der Waals surface area contributed by atoms with Gasteiger partial charge in [0.1, 0.15) is 11.6 Å². The zero-order valence-electron chi connectivity index (χ0n) is 12.1. The first-order valence-electron chi connectivity index (χ1n) is 6.35. The number of amides is 1. The summed E-state index contributed by atoms with van der Waals surface area (Å²) < 4.78 is 18.6. The van der Waals surface area contributed by atoms with Gasteiger partial charge < -0.3 is 15.8 Å². The van der Waals surface area contributed by atoms with Crippen LogP contribution in [0.1, 0.15) is 6.92 Å². The highest BCUT2D eigenvalue weighted by Gasteiger charge is 2.15. The minimum Gasteiger partial charge on any atom is -0.496 e. The molecule has 0 aliphatic carbocycles. The van der Waals surface area contributed by atoms with Crippen molar-refractivity contribution in [1.82, 2.24) is 4.98 Å². The summed E-state index contributed by atoms with van der Waals surface area (Å²) in [5.41, 5.74) is 6.53. The zero-order valence-corrected chi connectivity index (χ0v) is 13.8. The number of ether oxygens (including phenoxy) is 1. The molecule has 1 unspecified atom stereocenters. The number of thiazole rings is 1. The van der Waals surface area contributed by atoms with E-state index in [-0.39, 0.29) is 36.6 Å². The quantitative estimate of drug-likeness (QED) is 0.873. The van der Waals surface area contributed by atoms with Gasteiger partial charge in [-0.15, -0.1) is 23.7 Å². The minimum absolute atomic E-state index is 0. The van der Waals surface area contributed by atoms with Crippen LogP contribution in [0.15, 0.2) is 23.6 Å². The van der Waals surface area contributed by atoms with Gasteiger partial charge >= 0.3 is 0 Å². The van der Waals surface area contributed by atoms with Gasteiger partial charge in [-0.3, -0.25) is 4.79 Å². The Bertz CT molecular complexity index is 651. The molecule has 0 spiro atoms. The summed E-state index contributed by atoms with van der Waals surface area (Å²) in [7, 11) is 1.51. The number of benzene rings is 1. The molecule has 1 atom stereocenters. The second kappa shape index (κ2) is 8.07. The van der Waals surface area contributed by atoms with E-state index in [1.54, 1.807) is 18.4 Å². The highest BCUT2D eigenvalue weighted by Crippen LogP contribution is 2.32. The Kier molecular flexibility index (Phi) is 6.73. The smallest absolute Gasteiger partial charge is 0.230 e. The van der Waals surface area contributed by atoms with Crippen molar-refractivity contribution in [3.63, 3.8) is 0 Å². The number of anilines is 1. The largest absolute Gasteiger partial charge is 0.496 e. The van der Waals surface area contributed by atoms with Crippen LogP contribution in [0.3, 0.4) is 0 Å². The molecule has 8 heteroatoms. The Balaban J connectivity index is 0.00000242. The van der Waals surface area contributed by atoms with Gasteiger partial charge in [-0.25, -0.2) is 9.37 Å². The van der Waals surface area contributed by atoms with E-state index >= 15 is 0 Å². The number of hydrogen-bond acceptors (Lipinski definition) is 5. The van der Waals surface area contributed by atoms with E-state index < -0.39 is 0 Å². The van der Waals surface area contributed by atoms with Crippen LogP contribution in [-0.4, -0.2) is 24.5 Å². The lowest BCUT2D eigenvalue weighted by Crippen LogP contribution is -2.26. The normalized spacial score (nSPS) is 11.5. The van der Waals surface area contributed by atoms with Crippen molar-refractivity contribution in [2.45, 2.75) is 6.92 Å². The molecule has 0 aliphatic heterocycles. The first-order chi connectivity index (χ1) is 10.0. The van der Waals surface area contributed by atoms with Gasteiger partial charge in [-0.2, -0.15) is 0 Å². The van der Waals surface area contributed by atoms with Crippen molar-refractivity contribution < 1.29 is 13.9 Å². The zero-order chi connectivity index (χ0) is 15.4. The lowest BCUT2D eigenvalue weighted by Gasteiger charge is -2.07. The fourth-order valence-corrected chi connectivity index (χ4v) is 2.38. The number of aromatic nitrogens is 1. The number of hydrogen-bond donors (Lipinski definition) is 2. The Morgan fingerprint density at radius 2 is 2.27 bits per heavy atom.